The van der Waals surface area contributed by atoms with Crippen LogP contribution in [0.1, 0.15) is 39.9 Å². The monoisotopic (exact) mass is 387 g/mol. The summed E-state index contributed by atoms with van der Waals surface area (Å²) in [4.78, 5) is 24.4. The number of ether oxygens (including phenoxy) is 1. The van der Waals surface area contributed by atoms with Crippen molar-refractivity contribution in [3.05, 3.63) is 101 Å². The van der Waals surface area contributed by atoms with E-state index in [-0.39, 0.29) is 24.5 Å². The molecule has 0 spiro atoms. The van der Waals surface area contributed by atoms with E-state index in [1.165, 1.54) is 0 Å². The van der Waals surface area contributed by atoms with Crippen LogP contribution in [0, 0.1) is 6.92 Å². The molecule has 0 saturated heterocycles. The minimum absolute atomic E-state index is 0.0215. The summed E-state index contributed by atoms with van der Waals surface area (Å²) in [6.45, 7) is 2.81. The van der Waals surface area contributed by atoms with Gasteiger partial charge in [-0.1, -0.05) is 78.4 Å². The SMILES string of the molecule is Cc1ccc(C(=O)CCC(=O)NCc2ccccc2OCc2ccccc2)cc1. The second-order valence-corrected chi connectivity index (χ2v) is 6.95. The number of Topliss-reactive ketones (excluding diaryl/α,β-unsaturated/α-hetero) is 1. The highest BCUT2D eigenvalue weighted by Gasteiger charge is 2.10. The number of nitrogens with one attached hydrogen (secondary N) is 1. The van der Waals surface area contributed by atoms with Crippen molar-refractivity contribution in [3.63, 3.8) is 0 Å². The number of amides is 1. The molecule has 0 aliphatic carbocycles. The molecule has 0 fully saturated rings. The lowest BCUT2D eigenvalue weighted by atomic mass is 10.0. The highest BCUT2D eigenvalue weighted by atomic mass is 16.5. The average Bonchev–Trinajstić information content (AvgIpc) is 2.76. The lowest BCUT2D eigenvalue weighted by Gasteiger charge is -2.12. The molecule has 3 aromatic carbocycles. The van der Waals surface area contributed by atoms with Gasteiger partial charge in [-0.15, -0.1) is 0 Å². The first-order chi connectivity index (χ1) is 14.1. The molecule has 0 radical (unpaired) electrons. The van der Waals surface area contributed by atoms with E-state index in [1.807, 2.05) is 73.7 Å². The maximum atomic E-state index is 12.2. The van der Waals surface area contributed by atoms with Crippen LogP contribution in [0.2, 0.25) is 0 Å². The van der Waals surface area contributed by atoms with E-state index < -0.39 is 0 Å². The average molecular weight is 387 g/mol. The zero-order valence-corrected chi connectivity index (χ0v) is 16.6. The van der Waals surface area contributed by atoms with Crippen LogP contribution in [0.15, 0.2) is 78.9 Å². The number of ketones is 1. The van der Waals surface area contributed by atoms with Gasteiger partial charge in [-0.2, -0.15) is 0 Å². The Morgan fingerprint density at radius 1 is 0.828 bits per heavy atom. The third kappa shape index (κ3) is 6.32. The number of carbonyl (C=O) groups excluding carboxylic acids is 2. The summed E-state index contributed by atoms with van der Waals surface area (Å²) in [6, 6.07) is 25.0. The number of carbonyl (C=O) groups is 2. The summed E-state index contributed by atoms with van der Waals surface area (Å²) >= 11 is 0. The van der Waals surface area contributed by atoms with Crippen LogP contribution in [0.5, 0.6) is 5.75 Å². The van der Waals surface area contributed by atoms with E-state index in [0.29, 0.717) is 18.7 Å². The molecule has 0 heterocycles. The number of benzene rings is 3. The van der Waals surface area contributed by atoms with Crippen molar-refractivity contribution < 1.29 is 14.3 Å². The van der Waals surface area contributed by atoms with Crippen molar-refractivity contribution in [1.82, 2.24) is 5.32 Å². The van der Waals surface area contributed by atoms with Crippen molar-refractivity contribution >= 4 is 11.7 Å². The predicted molar refractivity (Wildman–Crippen MR) is 114 cm³/mol. The van der Waals surface area contributed by atoms with Gasteiger partial charge in [-0.3, -0.25) is 9.59 Å². The molecule has 29 heavy (non-hydrogen) atoms. The molecule has 0 saturated carbocycles. The van der Waals surface area contributed by atoms with Gasteiger partial charge in [0, 0.05) is 30.5 Å². The van der Waals surface area contributed by atoms with Gasteiger partial charge >= 0.3 is 0 Å². The molecule has 0 aliphatic heterocycles. The fourth-order valence-electron chi connectivity index (χ4n) is 2.92. The Morgan fingerprint density at radius 3 is 2.28 bits per heavy atom. The molecule has 1 amide bonds. The molecule has 4 heteroatoms. The summed E-state index contributed by atoms with van der Waals surface area (Å²) in [7, 11) is 0. The quantitative estimate of drug-likeness (QED) is 0.534. The Bertz CT molecular complexity index is 949. The third-order valence-electron chi connectivity index (χ3n) is 4.64. The molecule has 3 aromatic rings. The zero-order chi connectivity index (χ0) is 20.5. The number of hydrogen-bond acceptors (Lipinski definition) is 3. The van der Waals surface area contributed by atoms with Crippen LogP contribution in [0.3, 0.4) is 0 Å². The zero-order valence-electron chi connectivity index (χ0n) is 16.6. The summed E-state index contributed by atoms with van der Waals surface area (Å²) in [5.74, 6) is 0.572. The Kier molecular flexibility index (Phi) is 7.17. The molecule has 0 unspecified atom stereocenters. The van der Waals surface area contributed by atoms with Crippen LogP contribution < -0.4 is 10.1 Å². The van der Waals surface area contributed by atoms with Gasteiger partial charge in [0.2, 0.25) is 5.91 Å². The van der Waals surface area contributed by atoms with Crippen LogP contribution in [-0.4, -0.2) is 11.7 Å². The van der Waals surface area contributed by atoms with E-state index in [9.17, 15) is 9.59 Å². The lowest BCUT2D eigenvalue weighted by Crippen LogP contribution is -2.23. The van der Waals surface area contributed by atoms with Gasteiger partial charge in [0.15, 0.2) is 5.78 Å². The second-order valence-electron chi connectivity index (χ2n) is 6.95. The van der Waals surface area contributed by atoms with Gasteiger partial charge < -0.3 is 10.1 Å². The first kappa shape index (κ1) is 20.3. The van der Waals surface area contributed by atoms with E-state index in [4.69, 9.17) is 4.74 Å². The van der Waals surface area contributed by atoms with Gasteiger partial charge in [-0.05, 0) is 18.6 Å². The first-order valence-corrected chi connectivity index (χ1v) is 9.73. The molecular formula is C25H25NO3. The Balaban J connectivity index is 1.48. The van der Waals surface area contributed by atoms with Crippen LogP contribution in [0.25, 0.3) is 0 Å². The smallest absolute Gasteiger partial charge is 0.220 e. The second kappa shape index (κ2) is 10.2. The largest absolute Gasteiger partial charge is 0.489 e. The highest BCUT2D eigenvalue weighted by Crippen LogP contribution is 2.19. The fourth-order valence-corrected chi connectivity index (χ4v) is 2.92. The van der Waals surface area contributed by atoms with Crippen molar-refractivity contribution in [2.24, 2.45) is 0 Å². The standard InChI is InChI=1S/C25H25NO3/c1-19-11-13-21(14-12-19)23(27)15-16-25(28)26-17-22-9-5-6-10-24(22)29-18-20-7-3-2-4-8-20/h2-14H,15-18H2,1H3,(H,26,28). The van der Waals surface area contributed by atoms with E-state index in [0.717, 1.165) is 22.4 Å². The molecule has 0 atom stereocenters. The third-order valence-corrected chi connectivity index (χ3v) is 4.64. The Morgan fingerprint density at radius 2 is 1.52 bits per heavy atom. The minimum atomic E-state index is -0.150. The Labute approximate surface area is 171 Å². The molecule has 1 N–H and O–H groups in total. The summed E-state index contributed by atoms with van der Waals surface area (Å²) in [5.41, 5.74) is 3.73. The van der Waals surface area contributed by atoms with Crippen molar-refractivity contribution in [3.8, 4) is 5.75 Å². The normalized spacial score (nSPS) is 10.4. The number of hydrogen-bond donors (Lipinski definition) is 1. The summed E-state index contributed by atoms with van der Waals surface area (Å²) < 4.78 is 5.92. The topological polar surface area (TPSA) is 55.4 Å². The van der Waals surface area contributed by atoms with Crippen LogP contribution in [0.4, 0.5) is 0 Å². The first-order valence-electron chi connectivity index (χ1n) is 9.73. The van der Waals surface area contributed by atoms with Gasteiger partial charge in [0.25, 0.3) is 0 Å². The number of rotatable bonds is 9. The van der Waals surface area contributed by atoms with Crippen LogP contribution in [-0.2, 0) is 17.9 Å². The van der Waals surface area contributed by atoms with Crippen LogP contribution >= 0.6 is 0 Å². The molecule has 4 nitrogen and oxygen atoms in total. The lowest BCUT2D eigenvalue weighted by molar-refractivity contribution is -0.121. The van der Waals surface area contributed by atoms with Gasteiger partial charge in [0.1, 0.15) is 12.4 Å². The van der Waals surface area contributed by atoms with Crippen molar-refractivity contribution in [2.75, 3.05) is 0 Å². The predicted octanol–water partition coefficient (Wildman–Crippen LogP) is 4.85. The molecular weight excluding hydrogens is 362 g/mol. The van der Waals surface area contributed by atoms with E-state index in [1.54, 1.807) is 12.1 Å². The minimum Gasteiger partial charge on any atom is -0.489 e. The molecule has 148 valence electrons. The number of para-hydroxylation sites is 1. The fraction of sp³-hybridized carbons (Fsp3) is 0.200. The van der Waals surface area contributed by atoms with E-state index in [2.05, 4.69) is 5.32 Å². The summed E-state index contributed by atoms with van der Waals surface area (Å²) in [5, 5.41) is 2.88. The van der Waals surface area contributed by atoms with Gasteiger partial charge in [-0.25, -0.2) is 0 Å². The highest BCUT2D eigenvalue weighted by molar-refractivity contribution is 5.97. The Hall–Kier alpha value is -3.40. The van der Waals surface area contributed by atoms with Crippen molar-refractivity contribution in [1.29, 1.82) is 0 Å². The van der Waals surface area contributed by atoms with E-state index >= 15 is 0 Å². The molecule has 0 aliphatic rings. The van der Waals surface area contributed by atoms with Crippen molar-refractivity contribution in [2.45, 2.75) is 32.9 Å². The summed E-state index contributed by atoms with van der Waals surface area (Å²) in [6.07, 6.45) is 0.362. The maximum absolute atomic E-state index is 12.2. The molecule has 0 aromatic heterocycles. The maximum Gasteiger partial charge on any atom is 0.220 e. The molecule has 3 rings (SSSR count). The molecule has 0 bridgehead atoms. The van der Waals surface area contributed by atoms with Gasteiger partial charge in [0.05, 0.1) is 0 Å². The number of aryl methyl sites for hydroxylation is 1.